The Balaban J connectivity index is 2.15. The average molecular weight is 371 g/mol. The van der Waals surface area contributed by atoms with Crippen LogP contribution >= 0.6 is 39.9 Å². The van der Waals surface area contributed by atoms with Crippen molar-refractivity contribution in [3.63, 3.8) is 0 Å². The summed E-state index contributed by atoms with van der Waals surface area (Å²) in [5.41, 5.74) is 2.18. The summed E-state index contributed by atoms with van der Waals surface area (Å²) in [7, 11) is 1.66. The molecule has 3 nitrogen and oxygen atoms in total. The Hall–Kier alpha value is -0.690. The summed E-state index contributed by atoms with van der Waals surface area (Å²) in [6, 6.07) is 8.41. The first-order valence-corrected chi connectivity index (χ1v) is 8.25. The first-order valence-electron chi connectivity index (χ1n) is 6.06. The van der Waals surface area contributed by atoms with Gasteiger partial charge in [0.15, 0.2) is 0 Å². The third-order valence-corrected chi connectivity index (χ3v) is 5.06. The number of methoxy groups -OCH3 is 1. The molecule has 0 radical (unpaired) electrons. The van der Waals surface area contributed by atoms with Gasteiger partial charge in [-0.15, -0.1) is 11.8 Å². The Morgan fingerprint density at radius 3 is 2.95 bits per heavy atom. The monoisotopic (exact) mass is 370 g/mol. The number of aromatic amines is 1. The molecular weight excluding hydrogens is 356 g/mol. The second-order valence-electron chi connectivity index (χ2n) is 4.32. The highest BCUT2D eigenvalue weighted by atomic mass is 79.9. The third kappa shape index (κ3) is 4.15. The summed E-state index contributed by atoms with van der Waals surface area (Å²) in [5, 5.41) is 0. The predicted molar refractivity (Wildman–Crippen MR) is 88.6 cm³/mol. The Labute approximate surface area is 136 Å². The molecule has 1 aromatic heterocycles. The Kier molecular flexibility index (Phi) is 5.77. The third-order valence-electron chi connectivity index (χ3n) is 2.64. The second-order valence-corrected chi connectivity index (χ2v) is 6.55. The van der Waals surface area contributed by atoms with Crippen molar-refractivity contribution >= 4 is 39.9 Å². The number of halogens is 1. The Morgan fingerprint density at radius 2 is 2.25 bits per heavy atom. The van der Waals surface area contributed by atoms with Crippen LogP contribution < -0.4 is 0 Å². The zero-order chi connectivity index (χ0) is 14.5. The maximum absolute atomic E-state index is 5.25. The SMILES string of the molecule is COCc1[nH]c(CSc2cccc(C)c2)nc(=S)c1Br. The van der Waals surface area contributed by atoms with Crippen molar-refractivity contribution in [2.24, 2.45) is 0 Å². The highest BCUT2D eigenvalue weighted by Crippen LogP contribution is 2.24. The molecule has 0 unspecified atom stereocenters. The molecule has 0 bridgehead atoms. The summed E-state index contributed by atoms with van der Waals surface area (Å²) >= 11 is 10.4. The van der Waals surface area contributed by atoms with Crippen LogP contribution in [0.15, 0.2) is 33.6 Å². The van der Waals surface area contributed by atoms with Crippen molar-refractivity contribution in [2.45, 2.75) is 24.2 Å². The molecule has 0 saturated heterocycles. The number of rotatable bonds is 5. The van der Waals surface area contributed by atoms with Gasteiger partial charge in [0.2, 0.25) is 0 Å². The quantitative estimate of drug-likeness (QED) is 0.613. The first kappa shape index (κ1) is 15.7. The largest absolute Gasteiger partial charge is 0.378 e. The van der Waals surface area contributed by atoms with Crippen LogP contribution in [0.25, 0.3) is 0 Å². The van der Waals surface area contributed by atoms with Gasteiger partial charge in [0.25, 0.3) is 0 Å². The lowest BCUT2D eigenvalue weighted by molar-refractivity contribution is 0.180. The molecular formula is C14H15BrN2OS2. The number of nitrogens with zero attached hydrogens (tertiary/aromatic N) is 1. The second kappa shape index (κ2) is 7.36. The van der Waals surface area contributed by atoms with E-state index in [0.29, 0.717) is 11.2 Å². The molecule has 2 aromatic rings. The van der Waals surface area contributed by atoms with Crippen LogP contribution in [-0.2, 0) is 17.1 Å². The van der Waals surface area contributed by atoms with Gasteiger partial charge < -0.3 is 9.72 Å². The summed E-state index contributed by atoms with van der Waals surface area (Å²) in [5.74, 6) is 1.61. The van der Waals surface area contributed by atoms with E-state index in [1.165, 1.54) is 10.5 Å². The van der Waals surface area contributed by atoms with E-state index >= 15 is 0 Å². The molecule has 1 aromatic carbocycles. The zero-order valence-corrected chi connectivity index (χ0v) is 14.5. The summed E-state index contributed by atoms with van der Waals surface area (Å²) in [6.45, 7) is 2.57. The van der Waals surface area contributed by atoms with Crippen LogP contribution in [0.4, 0.5) is 0 Å². The average Bonchev–Trinajstić information content (AvgIpc) is 2.42. The van der Waals surface area contributed by atoms with Gasteiger partial charge in [-0.05, 0) is 35.0 Å². The van der Waals surface area contributed by atoms with E-state index in [1.807, 2.05) is 0 Å². The molecule has 20 heavy (non-hydrogen) atoms. The summed E-state index contributed by atoms with van der Waals surface area (Å²) in [4.78, 5) is 8.88. The van der Waals surface area contributed by atoms with E-state index in [-0.39, 0.29) is 0 Å². The van der Waals surface area contributed by atoms with E-state index in [4.69, 9.17) is 17.0 Å². The number of benzene rings is 1. The number of aromatic nitrogens is 2. The van der Waals surface area contributed by atoms with Gasteiger partial charge in [0, 0.05) is 12.0 Å². The van der Waals surface area contributed by atoms with Gasteiger partial charge in [-0.3, -0.25) is 0 Å². The van der Waals surface area contributed by atoms with Crippen molar-refractivity contribution in [1.29, 1.82) is 0 Å². The van der Waals surface area contributed by atoms with Crippen LogP contribution in [0.2, 0.25) is 0 Å². The van der Waals surface area contributed by atoms with Crippen molar-refractivity contribution in [1.82, 2.24) is 9.97 Å². The van der Waals surface area contributed by atoms with Gasteiger partial charge in [-0.25, -0.2) is 4.98 Å². The number of nitrogens with one attached hydrogen (secondary N) is 1. The fourth-order valence-electron chi connectivity index (χ4n) is 1.73. The summed E-state index contributed by atoms with van der Waals surface area (Å²) in [6.07, 6.45) is 0. The van der Waals surface area contributed by atoms with Gasteiger partial charge in [0.05, 0.1) is 22.5 Å². The maximum atomic E-state index is 5.25. The molecule has 2 rings (SSSR count). The number of hydrogen-bond acceptors (Lipinski definition) is 4. The van der Waals surface area contributed by atoms with Crippen LogP contribution in [0.3, 0.4) is 0 Å². The standard InChI is InChI=1S/C14H15BrN2OS2/c1-9-4-3-5-10(6-9)20-8-12-16-11(7-18-2)13(15)14(19)17-12/h3-6H,7-8H2,1-2H3,(H,16,17,19). The van der Waals surface area contributed by atoms with Crippen molar-refractivity contribution in [3.8, 4) is 0 Å². The van der Waals surface area contributed by atoms with E-state index in [1.54, 1.807) is 18.9 Å². The van der Waals surface area contributed by atoms with E-state index in [0.717, 1.165) is 21.7 Å². The molecule has 106 valence electrons. The van der Waals surface area contributed by atoms with Gasteiger partial charge >= 0.3 is 0 Å². The summed E-state index contributed by atoms with van der Waals surface area (Å²) < 4.78 is 6.52. The zero-order valence-electron chi connectivity index (χ0n) is 11.3. The number of aryl methyl sites for hydroxylation is 1. The lowest BCUT2D eigenvalue weighted by atomic mass is 10.2. The molecule has 0 saturated carbocycles. The minimum absolute atomic E-state index is 0.481. The van der Waals surface area contributed by atoms with Crippen molar-refractivity contribution in [3.05, 3.63) is 50.5 Å². The molecule has 0 aliphatic rings. The topological polar surface area (TPSA) is 37.9 Å². The predicted octanol–water partition coefficient (Wildman–Crippen LogP) is 4.65. The highest BCUT2D eigenvalue weighted by Gasteiger charge is 2.07. The number of thioether (sulfide) groups is 1. The molecule has 0 amide bonds. The molecule has 0 fully saturated rings. The minimum atomic E-state index is 0.481. The highest BCUT2D eigenvalue weighted by molar-refractivity contribution is 9.10. The molecule has 0 spiro atoms. The van der Waals surface area contributed by atoms with E-state index in [9.17, 15) is 0 Å². The normalized spacial score (nSPS) is 10.8. The number of H-pyrrole nitrogens is 1. The van der Waals surface area contributed by atoms with Gasteiger partial charge in [0.1, 0.15) is 10.5 Å². The fourth-order valence-corrected chi connectivity index (χ4v) is 3.15. The van der Waals surface area contributed by atoms with Gasteiger partial charge in [-0.2, -0.15) is 0 Å². The smallest absolute Gasteiger partial charge is 0.144 e. The lowest BCUT2D eigenvalue weighted by Crippen LogP contribution is -2.02. The van der Waals surface area contributed by atoms with Crippen LogP contribution in [0, 0.1) is 11.6 Å². The molecule has 1 N–H and O–H groups in total. The van der Waals surface area contributed by atoms with Crippen LogP contribution in [-0.4, -0.2) is 17.1 Å². The maximum Gasteiger partial charge on any atom is 0.144 e. The number of hydrogen-bond donors (Lipinski definition) is 1. The molecule has 1 heterocycles. The van der Waals surface area contributed by atoms with Gasteiger partial charge in [-0.1, -0.05) is 29.9 Å². The first-order chi connectivity index (χ1) is 9.60. The number of ether oxygens (including phenoxy) is 1. The van der Waals surface area contributed by atoms with Crippen molar-refractivity contribution < 1.29 is 4.74 Å². The van der Waals surface area contributed by atoms with Crippen molar-refractivity contribution in [2.75, 3.05) is 7.11 Å². The van der Waals surface area contributed by atoms with E-state index < -0.39 is 0 Å². The lowest BCUT2D eigenvalue weighted by Gasteiger charge is -2.08. The Morgan fingerprint density at radius 1 is 1.45 bits per heavy atom. The van der Waals surface area contributed by atoms with Crippen LogP contribution in [0.5, 0.6) is 0 Å². The molecule has 6 heteroatoms. The molecule has 0 aliphatic carbocycles. The minimum Gasteiger partial charge on any atom is -0.378 e. The molecule has 0 aliphatic heterocycles. The van der Waals surface area contributed by atoms with Crippen LogP contribution in [0.1, 0.15) is 17.1 Å². The molecule has 0 atom stereocenters. The Bertz CT molecular complexity index is 658. The van der Waals surface area contributed by atoms with E-state index in [2.05, 4.69) is 57.1 Å². The fraction of sp³-hybridized carbons (Fsp3) is 0.286.